The van der Waals surface area contributed by atoms with Crippen molar-refractivity contribution >= 4 is 11.9 Å². The fraction of sp³-hybridized carbons (Fsp3) is 0.737. The molecule has 1 amide bonds. The van der Waals surface area contributed by atoms with Crippen molar-refractivity contribution in [3.8, 4) is 0 Å². The van der Waals surface area contributed by atoms with Crippen LogP contribution in [0.1, 0.15) is 50.1 Å². The van der Waals surface area contributed by atoms with Crippen LogP contribution in [0.25, 0.3) is 0 Å². The largest absolute Gasteiger partial charge is 0.465 e. The first kappa shape index (κ1) is 16.6. The third-order valence-electron chi connectivity index (χ3n) is 6.55. The highest BCUT2D eigenvalue weighted by Crippen LogP contribution is 2.48. The summed E-state index contributed by atoms with van der Waals surface area (Å²) in [7, 11) is 3.62. The van der Waals surface area contributed by atoms with E-state index in [1.807, 2.05) is 13.2 Å². The second-order valence-corrected chi connectivity index (χ2v) is 8.11. The van der Waals surface area contributed by atoms with Gasteiger partial charge in [0.2, 0.25) is 5.91 Å². The number of carbonyl (C=O) groups is 2. The van der Waals surface area contributed by atoms with Crippen LogP contribution in [0.4, 0.5) is 0 Å². The summed E-state index contributed by atoms with van der Waals surface area (Å²) in [5, 5.41) is 4.21. The smallest absolute Gasteiger partial charge is 0.311 e. The lowest BCUT2D eigenvalue weighted by molar-refractivity contribution is -0.157. The van der Waals surface area contributed by atoms with E-state index in [0.717, 1.165) is 17.4 Å². The summed E-state index contributed by atoms with van der Waals surface area (Å²) in [6, 6.07) is -0.275. The van der Waals surface area contributed by atoms with E-state index in [1.165, 1.54) is 25.7 Å². The van der Waals surface area contributed by atoms with Crippen LogP contribution in [-0.2, 0) is 21.4 Å². The zero-order valence-corrected chi connectivity index (χ0v) is 15.1. The van der Waals surface area contributed by atoms with Crippen LogP contribution in [0.15, 0.2) is 12.4 Å². The number of aromatic nitrogens is 2. The normalized spacial score (nSPS) is 34.6. The summed E-state index contributed by atoms with van der Waals surface area (Å²) in [6.45, 7) is 0.550. The molecule has 4 rings (SSSR count). The van der Waals surface area contributed by atoms with Gasteiger partial charge in [-0.1, -0.05) is 6.42 Å². The molecule has 1 aliphatic heterocycles. The average Bonchev–Trinajstić information content (AvgIpc) is 3.31. The standard InChI is InChI=1S/C19H27N3O3/c1-21-10-15(9-20-21)18-16(5-6-17(23)22(18)2)19(24)25-11-14-8-12-3-4-13(14)7-12/h9-10,12-14,16,18H,3-8,11H2,1-2H3/t12-,13-,14-,16-,18-/m0/s1. The van der Waals surface area contributed by atoms with E-state index in [2.05, 4.69) is 5.10 Å². The molecule has 0 unspecified atom stereocenters. The Morgan fingerprint density at radius 1 is 1.28 bits per heavy atom. The number of nitrogens with zero attached hydrogens (tertiary/aromatic N) is 3. The topological polar surface area (TPSA) is 64.4 Å². The number of carbonyl (C=O) groups excluding carboxylic acids is 2. The maximum Gasteiger partial charge on any atom is 0.311 e. The number of likely N-dealkylation sites (tertiary alicyclic amines) is 1. The summed E-state index contributed by atoms with van der Waals surface area (Å²) in [6.07, 6.45) is 9.78. The van der Waals surface area contributed by atoms with Crippen molar-refractivity contribution in [2.24, 2.45) is 30.7 Å². The van der Waals surface area contributed by atoms with Gasteiger partial charge in [-0.25, -0.2) is 0 Å². The van der Waals surface area contributed by atoms with Crippen LogP contribution < -0.4 is 0 Å². The first-order valence-electron chi connectivity index (χ1n) is 9.43. The van der Waals surface area contributed by atoms with E-state index in [4.69, 9.17) is 4.74 Å². The fourth-order valence-electron chi connectivity index (χ4n) is 5.21. The Kier molecular flexibility index (Phi) is 4.29. The van der Waals surface area contributed by atoms with Crippen LogP contribution in [0.3, 0.4) is 0 Å². The lowest BCUT2D eigenvalue weighted by Gasteiger charge is -2.37. The molecule has 2 saturated carbocycles. The molecular weight excluding hydrogens is 318 g/mol. The van der Waals surface area contributed by atoms with Crippen LogP contribution >= 0.6 is 0 Å². The molecule has 0 N–H and O–H groups in total. The van der Waals surface area contributed by atoms with Crippen LogP contribution in [0.2, 0.25) is 0 Å². The number of hydrogen-bond acceptors (Lipinski definition) is 4. The van der Waals surface area contributed by atoms with E-state index in [1.54, 1.807) is 22.8 Å². The number of amides is 1. The van der Waals surface area contributed by atoms with Gasteiger partial charge >= 0.3 is 5.97 Å². The van der Waals surface area contributed by atoms with Gasteiger partial charge in [0.25, 0.3) is 0 Å². The highest BCUT2D eigenvalue weighted by molar-refractivity contribution is 5.82. The summed E-state index contributed by atoms with van der Waals surface area (Å²) < 4.78 is 7.46. The van der Waals surface area contributed by atoms with Gasteiger partial charge in [-0.05, 0) is 43.4 Å². The van der Waals surface area contributed by atoms with Gasteiger partial charge in [0.1, 0.15) is 0 Å². The maximum absolute atomic E-state index is 12.8. The molecule has 1 aromatic rings. The van der Waals surface area contributed by atoms with Crippen LogP contribution in [0, 0.1) is 23.7 Å². The number of aryl methyl sites for hydroxylation is 1. The number of piperidine rings is 1. The quantitative estimate of drug-likeness (QED) is 0.786. The Labute approximate surface area is 148 Å². The van der Waals surface area contributed by atoms with Gasteiger partial charge in [-0.15, -0.1) is 0 Å². The van der Waals surface area contributed by atoms with Gasteiger partial charge in [-0.2, -0.15) is 5.10 Å². The molecule has 0 aromatic carbocycles. The number of fused-ring (bicyclic) bond motifs is 2. The molecule has 6 heteroatoms. The summed E-state index contributed by atoms with van der Waals surface area (Å²) in [4.78, 5) is 26.7. The number of hydrogen-bond donors (Lipinski definition) is 0. The Hall–Kier alpha value is -1.85. The monoisotopic (exact) mass is 345 g/mol. The van der Waals surface area contributed by atoms with Crippen molar-refractivity contribution in [1.29, 1.82) is 0 Å². The van der Waals surface area contributed by atoms with E-state index in [-0.39, 0.29) is 23.8 Å². The first-order chi connectivity index (χ1) is 12.0. The van der Waals surface area contributed by atoms with Crippen molar-refractivity contribution in [2.45, 2.75) is 44.6 Å². The molecule has 5 atom stereocenters. The molecule has 2 bridgehead atoms. The molecule has 3 fully saturated rings. The molecule has 3 aliphatic rings. The SMILES string of the molecule is CN1C(=O)CC[C@H](C(=O)OC[C@@H]2C[C@H]3CC[C@H]2C3)[C@@H]1c1cnn(C)c1. The molecule has 2 heterocycles. The zero-order valence-electron chi connectivity index (χ0n) is 15.1. The number of esters is 1. The van der Waals surface area contributed by atoms with Gasteiger partial charge in [0.05, 0.1) is 24.8 Å². The Morgan fingerprint density at radius 2 is 2.12 bits per heavy atom. The van der Waals surface area contributed by atoms with Crippen molar-refractivity contribution < 1.29 is 14.3 Å². The summed E-state index contributed by atoms with van der Waals surface area (Å²) in [5.74, 6) is 1.77. The molecule has 0 radical (unpaired) electrons. The molecular formula is C19H27N3O3. The molecule has 0 spiro atoms. The van der Waals surface area contributed by atoms with Crippen molar-refractivity contribution in [3.63, 3.8) is 0 Å². The van der Waals surface area contributed by atoms with E-state index in [9.17, 15) is 9.59 Å². The third-order valence-corrected chi connectivity index (χ3v) is 6.55. The van der Waals surface area contributed by atoms with Crippen molar-refractivity contribution in [1.82, 2.24) is 14.7 Å². The van der Waals surface area contributed by atoms with Gasteiger partial charge in [0.15, 0.2) is 0 Å². The summed E-state index contributed by atoms with van der Waals surface area (Å²) >= 11 is 0. The second-order valence-electron chi connectivity index (χ2n) is 8.11. The van der Waals surface area contributed by atoms with Gasteiger partial charge < -0.3 is 9.64 Å². The molecule has 1 aromatic heterocycles. The van der Waals surface area contributed by atoms with E-state index in [0.29, 0.717) is 25.4 Å². The van der Waals surface area contributed by atoms with E-state index < -0.39 is 0 Å². The van der Waals surface area contributed by atoms with Crippen LogP contribution in [0.5, 0.6) is 0 Å². The lowest BCUT2D eigenvalue weighted by atomic mass is 9.85. The molecule has 25 heavy (non-hydrogen) atoms. The number of ether oxygens (including phenoxy) is 1. The lowest BCUT2D eigenvalue weighted by Crippen LogP contribution is -2.43. The minimum Gasteiger partial charge on any atom is -0.465 e. The predicted octanol–water partition coefficient (Wildman–Crippen LogP) is 2.31. The molecule has 1 saturated heterocycles. The minimum absolute atomic E-state index is 0.0750. The highest BCUT2D eigenvalue weighted by atomic mass is 16.5. The van der Waals surface area contributed by atoms with Crippen molar-refractivity contribution in [2.75, 3.05) is 13.7 Å². The number of rotatable bonds is 4. The van der Waals surface area contributed by atoms with E-state index >= 15 is 0 Å². The Balaban J connectivity index is 1.44. The summed E-state index contributed by atoms with van der Waals surface area (Å²) in [5.41, 5.74) is 0.903. The second kappa shape index (κ2) is 6.46. The minimum atomic E-state index is -0.300. The molecule has 2 aliphatic carbocycles. The third kappa shape index (κ3) is 3.07. The predicted molar refractivity (Wildman–Crippen MR) is 91.3 cm³/mol. The highest BCUT2D eigenvalue weighted by Gasteiger charge is 2.43. The first-order valence-corrected chi connectivity index (χ1v) is 9.43. The molecule has 136 valence electrons. The zero-order chi connectivity index (χ0) is 17.6. The van der Waals surface area contributed by atoms with Gasteiger partial charge in [-0.3, -0.25) is 14.3 Å². The average molecular weight is 345 g/mol. The Morgan fingerprint density at radius 3 is 2.76 bits per heavy atom. The van der Waals surface area contributed by atoms with Gasteiger partial charge in [0, 0.05) is 32.3 Å². The maximum atomic E-state index is 12.8. The Bertz CT molecular complexity index is 671. The fourth-order valence-corrected chi connectivity index (χ4v) is 5.21. The van der Waals surface area contributed by atoms with Crippen molar-refractivity contribution in [3.05, 3.63) is 18.0 Å². The van der Waals surface area contributed by atoms with Crippen LogP contribution in [-0.4, -0.2) is 40.2 Å². The molecule has 6 nitrogen and oxygen atoms in total.